The predicted octanol–water partition coefficient (Wildman–Crippen LogP) is -0.127. The van der Waals surface area contributed by atoms with E-state index in [0.29, 0.717) is 13.0 Å². The molecule has 1 aliphatic heterocycles. The first-order valence-corrected chi connectivity index (χ1v) is 4.20. The van der Waals surface area contributed by atoms with Crippen LogP contribution in [0.2, 0.25) is 0 Å². The molecule has 0 aromatic rings. The van der Waals surface area contributed by atoms with Crippen LogP contribution in [-0.2, 0) is 9.59 Å². The zero-order chi connectivity index (χ0) is 9.14. The third-order valence-electron chi connectivity index (χ3n) is 2.11. The molecule has 0 spiro atoms. The van der Waals surface area contributed by atoms with Crippen LogP contribution in [0.25, 0.3) is 0 Å². The van der Waals surface area contributed by atoms with E-state index in [1.54, 1.807) is 0 Å². The average Bonchev–Trinajstić information content (AvgIpc) is 2.15. The van der Waals surface area contributed by atoms with Crippen LogP contribution < -0.4 is 5.73 Å². The second kappa shape index (κ2) is 3.67. The minimum absolute atomic E-state index is 0.197. The molecule has 1 saturated heterocycles. The number of rotatable bonds is 0. The van der Waals surface area contributed by atoms with Gasteiger partial charge in [-0.3, -0.25) is 14.5 Å². The SMILES string of the molecule is CC(=O)N1CCCC[C@@H](N)C1=O. The lowest BCUT2D eigenvalue weighted by atomic mass is 10.1. The van der Waals surface area contributed by atoms with Gasteiger partial charge in [-0.05, 0) is 19.3 Å². The molecule has 1 heterocycles. The van der Waals surface area contributed by atoms with Gasteiger partial charge < -0.3 is 5.73 Å². The highest BCUT2D eigenvalue weighted by Gasteiger charge is 2.25. The van der Waals surface area contributed by atoms with Crippen molar-refractivity contribution < 1.29 is 9.59 Å². The van der Waals surface area contributed by atoms with Crippen molar-refractivity contribution in [3.05, 3.63) is 0 Å². The Labute approximate surface area is 71.7 Å². The second-order valence-electron chi connectivity index (χ2n) is 3.11. The van der Waals surface area contributed by atoms with Crippen molar-refractivity contribution in [2.24, 2.45) is 5.73 Å². The fourth-order valence-corrected chi connectivity index (χ4v) is 1.38. The highest BCUT2D eigenvalue weighted by atomic mass is 16.2. The quantitative estimate of drug-likeness (QED) is 0.551. The monoisotopic (exact) mass is 170 g/mol. The van der Waals surface area contributed by atoms with Gasteiger partial charge in [0.1, 0.15) is 0 Å². The number of hydrogen-bond donors (Lipinski definition) is 1. The Hall–Kier alpha value is -0.900. The first-order chi connectivity index (χ1) is 5.63. The molecule has 2 amide bonds. The number of nitrogens with zero attached hydrogens (tertiary/aromatic N) is 1. The Kier molecular flexibility index (Phi) is 2.81. The fraction of sp³-hybridized carbons (Fsp3) is 0.750. The fourth-order valence-electron chi connectivity index (χ4n) is 1.38. The van der Waals surface area contributed by atoms with Crippen molar-refractivity contribution in [3.8, 4) is 0 Å². The molecular weight excluding hydrogens is 156 g/mol. The van der Waals surface area contributed by atoms with Crippen molar-refractivity contribution in [1.29, 1.82) is 0 Å². The number of nitrogens with two attached hydrogens (primary N) is 1. The summed E-state index contributed by atoms with van der Waals surface area (Å²) in [6.45, 7) is 1.93. The summed E-state index contributed by atoms with van der Waals surface area (Å²) >= 11 is 0. The molecule has 2 N–H and O–H groups in total. The summed E-state index contributed by atoms with van der Waals surface area (Å²) in [5.41, 5.74) is 5.56. The zero-order valence-electron chi connectivity index (χ0n) is 7.25. The van der Waals surface area contributed by atoms with Gasteiger partial charge in [0.05, 0.1) is 6.04 Å². The predicted molar refractivity (Wildman–Crippen MR) is 44.2 cm³/mol. The maximum atomic E-state index is 11.4. The van der Waals surface area contributed by atoms with Crippen molar-refractivity contribution in [3.63, 3.8) is 0 Å². The third kappa shape index (κ3) is 1.82. The summed E-state index contributed by atoms with van der Waals surface area (Å²) in [6, 6.07) is -0.476. The largest absolute Gasteiger partial charge is 0.320 e. The van der Waals surface area contributed by atoms with E-state index in [0.717, 1.165) is 12.8 Å². The summed E-state index contributed by atoms with van der Waals surface area (Å²) in [5.74, 6) is -0.419. The van der Waals surface area contributed by atoms with Gasteiger partial charge in [-0.25, -0.2) is 0 Å². The summed E-state index contributed by atoms with van der Waals surface area (Å²) in [5, 5.41) is 0. The molecule has 0 saturated carbocycles. The number of imide groups is 1. The van der Waals surface area contributed by atoms with Crippen LogP contribution in [-0.4, -0.2) is 29.3 Å². The average molecular weight is 170 g/mol. The van der Waals surface area contributed by atoms with E-state index < -0.39 is 6.04 Å². The number of hydrogen-bond acceptors (Lipinski definition) is 3. The van der Waals surface area contributed by atoms with Crippen molar-refractivity contribution in [1.82, 2.24) is 4.90 Å². The van der Waals surface area contributed by atoms with Crippen LogP contribution >= 0.6 is 0 Å². The second-order valence-corrected chi connectivity index (χ2v) is 3.11. The Bertz CT molecular complexity index is 203. The van der Waals surface area contributed by atoms with Gasteiger partial charge in [-0.15, -0.1) is 0 Å². The number of carbonyl (C=O) groups excluding carboxylic acids is 2. The Morgan fingerprint density at radius 3 is 2.83 bits per heavy atom. The van der Waals surface area contributed by atoms with Crippen LogP contribution in [0.4, 0.5) is 0 Å². The number of carbonyl (C=O) groups is 2. The van der Waals surface area contributed by atoms with Crippen molar-refractivity contribution in [2.45, 2.75) is 32.2 Å². The summed E-state index contributed by atoms with van der Waals surface area (Å²) in [4.78, 5) is 23.6. The molecule has 0 bridgehead atoms. The van der Waals surface area contributed by atoms with Gasteiger partial charge in [0.15, 0.2) is 0 Å². The first kappa shape index (κ1) is 9.19. The highest BCUT2D eigenvalue weighted by Crippen LogP contribution is 2.10. The summed E-state index contributed by atoms with van der Waals surface area (Å²) in [6.07, 6.45) is 2.50. The Balaban J connectivity index is 2.71. The molecule has 1 rings (SSSR count). The summed E-state index contributed by atoms with van der Waals surface area (Å²) < 4.78 is 0. The van der Waals surface area contributed by atoms with Crippen LogP contribution in [0.15, 0.2) is 0 Å². The maximum Gasteiger partial charge on any atom is 0.246 e. The van der Waals surface area contributed by atoms with Gasteiger partial charge in [0.2, 0.25) is 11.8 Å². The Morgan fingerprint density at radius 1 is 1.58 bits per heavy atom. The molecule has 0 aliphatic carbocycles. The lowest BCUT2D eigenvalue weighted by Gasteiger charge is -2.18. The maximum absolute atomic E-state index is 11.4. The molecule has 0 aromatic heterocycles. The molecule has 68 valence electrons. The van der Waals surface area contributed by atoms with Crippen LogP contribution in [0.3, 0.4) is 0 Å². The van der Waals surface area contributed by atoms with Gasteiger partial charge in [0, 0.05) is 13.5 Å². The standard InChI is InChI=1S/C8H14N2O2/c1-6(11)10-5-3-2-4-7(9)8(10)12/h7H,2-5,9H2,1H3/t7-/m1/s1. The van der Waals surface area contributed by atoms with E-state index in [1.807, 2.05) is 0 Å². The van der Waals surface area contributed by atoms with E-state index in [9.17, 15) is 9.59 Å². The molecule has 1 aliphatic rings. The molecule has 4 heteroatoms. The molecule has 1 fully saturated rings. The topological polar surface area (TPSA) is 63.4 Å². The van der Waals surface area contributed by atoms with Crippen LogP contribution in [0.5, 0.6) is 0 Å². The lowest BCUT2D eigenvalue weighted by molar-refractivity contribution is -0.143. The number of amides is 2. The molecular formula is C8H14N2O2. The van der Waals surface area contributed by atoms with Crippen molar-refractivity contribution >= 4 is 11.8 Å². The molecule has 0 unspecified atom stereocenters. The first-order valence-electron chi connectivity index (χ1n) is 4.20. The van der Waals surface area contributed by atoms with Crippen molar-refractivity contribution in [2.75, 3.05) is 6.54 Å². The normalized spacial score (nSPS) is 25.3. The van der Waals surface area contributed by atoms with E-state index >= 15 is 0 Å². The van der Waals surface area contributed by atoms with E-state index in [2.05, 4.69) is 0 Å². The summed E-state index contributed by atoms with van der Waals surface area (Å²) in [7, 11) is 0. The molecule has 4 nitrogen and oxygen atoms in total. The molecule has 0 aromatic carbocycles. The van der Waals surface area contributed by atoms with Gasteiger partial charge >= 0.3 is 0 Å². The van der Waals surface area contributed by atoms with Gasteiger partial charge in [-0.1, -0.05) is 0 Å². The minimum Gasteiger partial charge on any atom is -0.320 e. The van der Waals surface area contributed by atoms with Crippen LogP contribution in [0.1, 0.15) is 26.2 Å². The Morgan fingerprint density at radius 2 is 2.25 bits per heavy atom. The van der Waals surface area contributed by atoms with Gasteiger partial charge in [0.25, 0.3) is 0 Å². The third-order valence-corrected chi connectivity index (χ3v) is 2.11. The lowest BCUT2D eigenvalue weighted by Crippen LogP contribution is -2.44. The molecule has 1 atom stereocenters. The van der Waals surface area contributed by atoms with Crippen LogP contribution in [0, 0.1) is 0 Å². The molecule has 12 heavy (non-hydrogen) atoms. The minimum atomic E-state index is -0.476. The smallest absolute Gasteiger partial charge is 0.246 e. The van der Waals surface area contributed by atoms with E-state index in [-0.39, 0.29) is 11.8 Å². The number of likely N-dealkylation sites (tertiary alicyclic amines) is 1. The molecule has 0 radical (unpaired) electrons. The van der Waals surface area contributed by atoms with E-state index in [1.165, 1.54) is 11.8 Å². The van der Waals surface area contributed by atoms with Gasteiger partial charge in [-0.2, -0.15) is 0 Å². The zero-order valence-corrected chi connectivity index (χ0v) is 7.25. The van der Waals surface area contributed by atoms with E-state index in [4.69, 9.17) is 5.73 Å². The highest BCUT2D eigenvalue weighted by molar-refractivity contribution is 5.96.